The van der Waals surface area contributed by atoms with Gasteiger partial charge in [0.25, 0.3) is 0 Å². The lowest BCUT2D eigenvalue weighted by Crippen LogP contribution is -2.22. The first-order valence-electron chi connectivity index (χ1n) is 6.29. The second-order valence-electron chi connectivity index (χ2n) is 3.80. The molecule has 1 heterocycles. The van der Waals surface area contributed by atoms with Gasteiger partial charge >= 0.3 is 0 Å². The van der Waals surface area contributed by atoms with Gasteiger partial charge in [0.15, 0.2) is 0 Å². The Kier molecular flexibility index (Phi) is 7.91. The van der Waals surface area contributed by atoms with Crippen LogP contribution in [0.2, 0.25) is 0 Å². The van der Waals surface area contributed by atoms with Crippen LogP contribution in [0.15, 0.2) is 12.1 Å². The Hall–Kier alpha value is -1.35. The molecule has 1 amide bonds. The van der Waals surface area contributed by atoms with E-state index in [2.05, 4.69) is 17.2 Å². The van der Waals surface area contributed by atoms with Gasteiger partial charge in [-0.05, 0) is 25.5 Å². The summed E-state index contributed by atoms with van der Waals surface area (Å²) in [6.07, 6.45) is 1.24. The Labute approximate surface area is 117 Å². The third-order valence-corrected chi connectivity index (χ3v) is 3.31. The van der Waals surface area contributed by atoms with Crippen molar-refractivity contribution in [2.45, 2.75) is 26.3 Å². The molecule has 4 nitrogen and oxygen atoms in total. The Morgan fingerprint density at radius 3 is 3.11 bits per heavy atom. The third kappa shape index (κ3) is 6.97. The summed E-state index contributed by atoms with van der Waals surface area (Å²) in [7, 11) is 0. The normalized spacial score (nSPS) is 9.79. The van der Waals surface area contributed by atoms with Crippen LogP contribution in [-0.2, 0) is 16.1 Å². The maximum absolute atomic E-state index is 11.5. The fraction of sp³-hybridized carbons (Fsp3) is 0.500. The standard InChI is InChI=1S/C14H19NO3S/c1-2-18-10-4-6-14(17)15-11-13-8-7-12(19-13)5-3-9-16/h7-8,16H,2,4,6,9-11H2,1H3,(H,15,17). The lowest BCUT2D eigenvalue weighted by Gasteiger charge is -2.03. The van der Waals surface area contributed by atoms with Crippen molar-refractivity contribution in [3.05, 3.63) is 21.9 Å². The number of aliphatic hydroxyl groups is 1. The Bertz CT molecular complexity index is 445. The van der Waals surface area contributed by atoms with E-state index in [0.29, 0.717) is 26.2 Å². The first kappa shape index (κ1) is 15.7. The molecule has 19 heavy (non-hydrogen) atoms. The van der Waals surface area contributed by atoms with E-state index in [0.717, 1.165) is 16.2 Å². The number of amides is 1. The molecule has 0 aliphatic rings. The van der Waals surface area contributed by atoms with Crippen molar-refractivity contribution in [2.75, 3.05) is 19.8 Å². The van der Waals surface area contributed by atoms with Crippen molar-refractivity contribution in [3.63, 3.8) is 0 Å². The molecule has 104 valence electrons. The number of hydrogen-bond acceptors (Lipinski definition) is 4. The highest BCUT2D eigenvalue weighted by Crippen LogP contribution is 2.14. The van der Waals surface area contributed by atoms with E-state index in [1.807, 2.05) is 19.1 Å². The van der Waals surface area contributed by atoms with Gasteiger partial charge in [0.05, 0.1) is 11.4 Å². The Morgan fingerprint density at radius 2 is 2.37 bits per heavy atom. The largest absolute Gasteiger partial charge is 0.384 e. The minimum Gasteiger partial charge on any atom is -0.384 e. The predicted octanol–water partition coefficient (Wildman–Crippen LogP) is 1.52. The van der Waals surface area contributed by atoms with Crippen molar-refractivity contribution in [3.8, 4) is 11.8 Å². The van der Waals surface area contributed by atoms with Crippen molar-refractivity contribution in [1.82, 2.24) is 5.32 Å². The molecule has 2 N–H and O–H groups in total. The van der Waals surface area contributed by atoms with Gasteiger partial charge in [0.1, 0.15) is 6.61 Å². The summed E-state index contributed by atoms with van der Waals surface area (Å²) in [4.78, 5) is 13.5. The van der Waals surface area contributed by atoms with Crippen LogP contribution >= 0.6 is 11.3 Å². The third-order valence-electron chi connectivity index (χ3n) is 2.31. The zero-order valence-corrected chi connectivity index (χ0v) is 11.9. The number of nitrogens with one attached hydrogen (secondary N) is 1. The molecule has 1 rings (SSSR count). The highest BCUT2D eigenvalue weighted by atomic mass is 32.1. The monoisotopic (exact) mass is 281 g/mol. The molecule has 0 fully saturated rings. The minimum absolute atomic E-state index is 0.0381. The Balaban J connectivity index is 2.24. The van der Waals surface area contributed by atoms with Crippen LogP contribution in [0, 0.1) is 11.8 Å². The van der Waals surface area contributed by atoms with Crippen molar-refractivity contribution in [1.29, 1.82) is 0 Å². The molecule has 0 atom stereocenters. The molecule has 0 spiro atoms. The van der Waals surface area contributed by atoms with E-state index in [9.17, 15) is 4.79 Å². The molecular weight excluding hydrogens is 262 g/mol. The molecule has 0 radical (unpaired) electrons. The summed E-state index contributed by atoms with van der Waals surface area (Å²) in [6, 6.07) is 3.83. The molecule has 0 saturated carbocycles. The summed E-state index contributed by atoms with van der Waals surface area (Å²) < 4.78 is 5.17. The van der Waals surface area contributed by atoms with Crippen LogP contribution in [0.1, 0.15) is 29.5 Å². The van der Waals surface area contributed by atoms with E-state index in [-0.39, 0.29) is 12.5 Å². The van der Waals surface area contributed by atoms with Gasteiger partial charge < -0.3 is 15.2 Å². The molecule has 0 unspecified atom stereocenters. The smallest absolute Gasteiger partial charge is 0.220 e. The van der Waals surface area contributed by atoms with E-state index in [4.69, 9.17) is 9.84 Å². The zero-order chi connectivity index (χ0) is 13.9. The summed E-state index contributed by atoms with van der Waals surface area (Å²) >= 11 is 1.52. The highest BCUT2D eigenvalue weighted by Gasteiger charge is 2.03. The second-order valence-corrected chi connectivity index (χ2v) is 4.97. The van der Waals surface area contributed by atoms with E-state index < -0.39 is 0 Å². The number of rotatable bonds is 7. The first-order valence-corrected chi connectivity index (χ1v) is 7.10. The summed E-state index contributed by atoms with van der Waals surface area (Å²) in [5.74, 6) is 5.48. The van der Waals surface area contributed by atoms with Crippen LogP contribution in [0.4, 0.5) is 0 Å². The van der Waals surface area contributed by atoms with E-state index in [1.165, 1.54) is 11.3 Å². The highest BCUT2D eigenvalue weighted by molar-refractivity contribution is 7.12. The number of carbonyl (C=O) groups excluding carboxylic acids is 1. The van der Waals surface area contributed by atoms with Gasteiger partial charge in [-0.25, -0.2) is 0 Å². The molecule has 1 aromatic heterocycles. The molecule has 1 aromatic rings. The number of ether oxygens (including phenoxy) is 1. The van der Waals surface area contributed by atoms with Crippen LogP contribution in [-0.4, -0.2) is 30.8 Å². The fourth-order valence-electron chi connectivity index (χ4n) is 1.42. The van der Waals surface area contributed by atoms with Crippen LogP contribution in [0.5, 0.6) is 0 Å². The fourth-order valence-corrected chi connectivity index (χ4v) is 2.24. The molecular formula is C14H19NO3S. The van der Waals surface area contributed by atoms with Crippen molar-refractivity contribution < 1.29 is 14.6 Å². The average Bonchev–Trinajstić information content (AvgIpc) is 2.87. The Morgan fingerprint density at radius 1 is 1.53 bits per heavy atom. The van der Waals surface area contributed by atoms with Crippen molar-refractivity contribution in [2.24, 2.45) is 0 Å². The summed E-state index contributed by atoms with van der Waals surface area (Å²) in [5, 5.41) is 11.5. The van der Waals surface area contributed by atoms with Gasteiger partial charge in [0, 0.05) is 24.5 Å². The molecule has 0 aliphatic heterocycles. The summed E-state index contributed by atoms with van der Waals surface area (Å²) in [6.45, 7) is 3.65. The maximum Gasteiger partial charge on any atom is 0.220 e. The average molecular weight is 281 g/mol. The maximum atomic E-state index is 11.5. The number of hydrogen-bond donors (Lipinski definition) is 2. The van der Waals surface area contributed by atoms with Gasteiger partial charge in [-0.2, -0.15) is 0 Å². The zero-order valence-electron chi connectivity index (χ0n) is 11.1. The first-order chi connectivity index (χ1) is 9.26. The van der Waals surface area contributed by atoms with Crippen LogP contribution in [0.25, 0.3) is 0 Å². The number of carbonyl (C=O) groups is 1. The van der Waals surface area contributed by atoms with Crippen molar-refractivity contribution >= 4 is 17.2 Å². The molecule has 0 bridgehead atoms. The van der Waals surface area contributed by atoms with E-state index in [1.54, 1.807) is 0 Å². The minimum atomic E-state index is -0.135. The lowest BCUT2D eigenvalue weighted by molar-refractivity contribution is -0.121. The van der Waals surface area contributed by atoms with Crippen LogP contribution < -0.4 is 5.32 Å². The lowest BCUT2D eigenvalue weighted by atomic mass is 10.3. The molecule has 0 saturated heterocycles. The predicted molar refractivity (Wildman–Crippen MR) is 75.9 cm³/mol. The number of aliphatic hydroxyl groups excluding tert-OH is 1. The van der Waals surface area contributed by atoms with Crippen LogP contribution in [0.3, 0.4) is 0 Å². The quantitative estimate of drug-likeness (QED) is 0.588. The van der Waals surface area contributed by atoms with Gasteiger partial charge in [-0.1, -0.05) is 11.8 Å². The van der Waals surface area contributed by atoms with E-state index >= 15 is 0 Å². The van der Waals surface area contributed by atoms with Gasteiger partial charge in [-0.15, -0.1) is 11.3 Å². The SMILES string of the molecule is CCOCCCC(=O)NCc1ccc(C#CCO)s1. The van der Waals surface area contributed by atoms with Gasteiger partial charge in [0.2, 0.25) is 5.91 Å². The van der Waals surface area contributed by atoms with Gasteiger partial charge in [-0.3, -0.25) is 4.79 Å². The molecule has 0 aliphatic carbocycles. The second kappa shape index (κ2) is 9.56. The summed E-state index contributed by atoms with van der Waals surface area (Å²) in [5.41, 5.74) is 0. The molecule has 0 aromatic carbocycles. The molecule has 5 heteroatoms. The number of thiophene rings is 1. The topological polar surface area (TPSA) is 58.6 Å².